The summed E-state index contributed by atoms with van der Waals surface area (Å²) in [6.45, 7) is 3.73. The van der Waals surface area contributed by atoms with Crippen molar-refractivity contribution in [1.29, 1.82) is 0 Å². The molecule has 0 aliphatic heterocycles. The first-order valence-electron chi connectivity index (χ1n) is 9.28. The molecule has 142 valence electrons. The molecule has 28 heavy (non-hydrogen) atoms. The van der Waals surface area contributed by atoms with Crippen LogP contribution in [0.2, 0.25) is 0 Å². The summed E-state index contributed by atoms with van der Waals surface area (Å²) in [4.78, 5) is 0. The highest BCUT2D eigenvalue weighted by atomic mass is 19.1. The van der Waals surface area contributed by atoms with Crippen LogP contribution in [0.5, 0.6) is 0 Å². The average Bonchev–Trinajstić information content (AvgIpc) is 3.15. The van der Waals surface area contributed by atoms with Crippen LogP contribution in [0.25, 0.3) is 17.0 Å². The summed E-state index contributed by atoms with van der Waals surface area (Å²) >= 11 is 0. The van der Waals surface area contributed by atoms with Gasteiger partial charge in [0, 0.05) is 18.8 Å². The van der Waals surface area contributed by atoms with Gasteiger partial charge in [-0.1, -0.05) is 31.2 Å². The van der Waals surface area contributed by atoms with Crippen molar-refractivity contribution in [2.24, 2.45) is 0 Å². The first-order valence-corrected chi connectivity index (χ1v) is 9.28. The Labute approximate surface area is 162 Å². The number of benzene rings is 2. The van der Waals surface area contributed by atoms with Crippen LogP contribution >= 0.6 is 0 Å². The van der Waals surface area contributed by atoms with Crippen LogP contribution in [0.3, 0.4) is 0 Å². The fourth-order valence-electron chi connectivity index (χ4n) is 2.90. The molecule has 7 heteroatoms. The van der Waals surface area contributed by atoms with Crippen molar-refractivity contribution >= 4 is 17.2 Å². The predicted molar refractivity (Wildman–Crippen MR) is 109 cm³/mol. The molecule has 0 aliphatic carbocycles. The first kappa shape index (κ1) is 17.9. The van der Waals surface area contributed by atoms with Crippen LogP contribution in [0.1, 0.15) is 18.9 Å². The number of hydrogen-bond donors (Lipinski definition) is 2. The van der Waals surface area contributed by atoms with Crippen LogP contribution in [-0.2, 0) is 6.54 Å². The predicted octanol–water partition coefficient (Wildman–Crippen LogP) is 4.36. The molecular formula is C21H21FN6. The minimum absolute atomic E-state index is 0.353. The molecule has 2 heterocycles. The first-order chi connectivity index (χ1) is 13.7. The molecule has 2 aromatic carbocycles. The van der Waals surface area contributed by atoms with Crippen molar-refractivity contribution in [3.8, 4) is 11.4 Å². The highest BCUT2D eigenvalue weighted by Crippen LogP contribution is 2.21. The Bertz CT molecular complexity index is 1070. The molecule has 6 nitrogen and oxygen atoms in total. The SMILES string of the molecule is CCCNc1ccc(CNc2ccc3nnc(-c4ccccc4F)n3n2)cc1. The van der Waals surface area contributed by atoms with Crippen LogP contribution in [0, 0.1) is 5.82 Å². The van der Waals surface area contributed by atoms with E-state index in [0.29, 0.717) is 29.4 Å². The zero-order valence-electron chi connectivity index (χ0n) is 15.6. The molecule has 0 bridgehead atoms. The molecule has 4 aromatic rings. The highest BCUT2D eigenvalue weighted by Gasteiger charge is 2.13. The maximum atomic E-state index is 14.1. The summed E-state index contributed by atoms with van der Waals surface area (Å²) < 4.78 is 15.7. The van der Waals surface area contributed by atoms with Gasteiger partial charge in [-0.3, -0.25) is 0 Å². The van der Waals surface area contributed by atoms with Gasteiger partial charge in [-0.15, -0.1) is 15.3 Å². The molecule has 2 N–H and O–H groups in total. The lowest BCUT2D eigenvalue weighted by atomic mass is 10.2. The van der Waals surface area contributed by atoms with Gasteiger partial charge in [0.2, 0.25) is 0 Å². The Kier molecular flexibility index (Phi) is 5.14. The van der Waals surface area contributed by atoms with Crippen LogP contribution < -0.4 is 10.6 Å². The number of halogens is 1. The molecule has 0 amide bonds. The summed E-state index contributed by atoms with van der Waals surface area (Å²) in [5.74, 6) is 0.690. The minimum Gasteiger partial charge on any atom is -0.385 e. The van der Waals surface area contributed by atoms with Crippen molar-refractivity contribution in [1.82, 2.24) is 19.8 Å². The molecule has 2 aromatic heterocycles. The fourth-order valence-corrected chi connectivity index (χ4v) is 2.90. The van der Waals surface area contributed by atoms with E-state index in [1.54, 1.807) is 22.7 Å². The lowest BCUT2D eigenvalue weighted by Gasteiger charge is -2.08. The average molecular weight is 376 g/mol. The van der Waals surface area contributed by atoms with E-state index in [1.165, 1.54) is 6.07 Å². The van der Waals surface area contributed by atoms with Crippen molar-refractivity contribution in [2.45, 2.75) is 19.9 Å². The quantitative estimate of drug-likeness (QED) is 0.501. The molecule has 0 radical (unpaired) electrons. The highest BCUT2D eigenvalue weighted by molar-refractivity contribution is 5.60. The number of nitrogens with zero attached hydrogens (tertiary/aromatic N) is 4. The number of fused-ring (bicyclic) bond motifs is 1. The Morgan fingerprint density at radius 1 is 0.929 bits per heavy atom. The molecular weight excluding hydrogens is 355 g/mol. The van der Waals surface area contributed by atoms with Crippen LogP contribution in [0.15, 0.2) is 60.7 Å². The van der Waals surface area contributed by atoms with E-state index < -0.39 is 0 Å². The summed E-state index contributed by atoms with van der Waals surface area (Å²) in [5.41, 5.74) is 3.19. The molecule has 4 rings (SSSR count). The van der Waals surface area contributed by atoms with E-state index in [9.17, 15) is 4.39 Å². The van der Waals surface area contributed by atoms with Crippen molar-refractivity contribution < 1.29 is 4.39 Å². The second-order valence-corrected chi connectivity index (χ2v) is 6.47. The second-order valence-electron chi connectivity index (χ2n) is 6.47. The topological polar surface area (TPSA) is 67.1 Å². The lowest BCUT2D eigenvalue weighted by molar-refractivity contribution is 0.629. The Morgan fingerprint density at radius 3 is 2.54 bits per heavy atom. The maximum Gasteiger partial charge on any atom is 0.188 e. The van der Waals surface area contributed by atoms with Gasteiger partial charge in [0.1, 0.15) is 11.6 Å². The van der Waals surface area contributed by atoms with Gasteiger partial charge in [-0.05, 0) is 48.4 Å². The van der Waals surface area contributed by atoms with E-state index >= 15 is 0 Å². The zero-order chi connectivity index (χ0) is 19.3. The van der Waals surface area contributed by atoms with Crippen LogP contribution in [0.4, 0.5) is 15.9 Å². The Morgan fingerprint density at radius 2 is 1.75 bits per heavy atom. The van der Waals surface area contributed by atoms with E-state index in [0.717, 1.165) is 24.2 Å². The third-order valence-electron chi connectivity index (χ3n) is 4.38. The summed E-state index contributed by atoms with van der Waals surface area (Å²) in [6.07, 6.45) is 1.09. The van der Waals surface area contributed by atoms with Gasteiger partial charge in [-0.2, -0.15) is 4.52 Å². The smallest absolute Gasteiger partial charge is 0.188 e. The number of anilines is 2. The van der Waals surface area contributed by atoms with Gasteiger partial charge in [0.05, 0.1) is 5.56 Å². The van der Waals surface area contributed by atoms with Crippen LogP contribution in [-0.4, -0.2) is 26.4 Å². The molecule has 0 saturated heterocycles. The van der Waals surface area contributed by atoms with E-state index in [4.69, 9.17) is 0 Å². The van der Waals surface area contributed by atoms with Gasteiger partial charge < -0.3 is 10.6 Å². The van der Waals surface area contributed by atoms with Gasteiger partial charge in [-0.25, -0.2) is 4.39 Å². The third kappa shape index (κ3) is 3.78. The molecule has 0 unspecified atom stereocenters. The number of nitrogens with one attached hydrogen (secondary N) is 2. The third-order valence-corrected chi connectivity index (χ3v) is 4.38. The Balaban J connectivity index is 1.52. The summed E-state index contributed by atoms with van der Waals surface area (Å²) in [6, 6.07) is 18.4. The van der Waals surface area contributed by atoms with E-state index in [-0.39, 0.29) is 5.82 Å². The summed E-state index contributed by atoms with van der Waals surface area (Å²) in [7, 11) is 0. The van der Waals surface area contributed by atoms with Gasteiger partial charge in [0.15, 0.2) is 11.5 Å². The van der Waals surface area contributed by atoms with Gasteiger partial charge in [0.25, 0.3) is 0 Å². The van der Waals surface area contributed by atoms with E-state index in [1.807, 2.05) is 12.1 Å². The molecule has 0 spiro atoms. The Hall–Kier alpha value is -3.48. The molecule has 0 fully saturated rings. The summed E-state index contributed by atoms with van der Waals surface area (Å²) in [5, 5.41) is 19.4. The monoisotopic (exact) mass is 376 g/mol. The number of hydrogen-bond acceptors (Lipinski definition) is 5. The minimum atomic E-state index is -0.353. The lowest BCUT2D eigenvalue weighted by Crippen LogP contribution is -2.05. The molecule has 0 saturated carbocycles. The van der Waals surface area contributed by atoms with Gasteiger partial charge >= 0.3 is 0 Å². The van der Waals surface area contributed by atoms with Crippen molar-refractivity contribution in [2.75, 3.05) is 17.2 Å². The standard InChI is InChI=1S/C21H21FN6/c1-2-13-23-16-9-7-15(8-10-16)14-24-19-11-12-20-25-26-21(28(20)27-19)17-5-3-4-6-18(17)22/h3-12,23H,2,13-14H2,1H3,(H,24,27). The fraction of sp³-hybridized carbons (Fsp3) is 0.190. The zero-order valence-corrected chi connectivity index (χ0v) is 15.6. The normalized spacial score (nSPS) is 10.9. The second kappa shape index (κ2) is 8.04. The van der Waals surface area contributed by atoms with Crippen molar-refractivity contribution in [3.05, 3.63) is 72.0 Å². The number of rotatable bonds is 7. The maximum absolute atomic E-state index is 14.1. The van der Waals surface area contributed by atoms with E-state index in [2.05, 4.69) is 57.1 Å². The largest absolute Gasteiger partial charge is 0.385 e. The molecule has 0 aliphatic rings. The molecule has 0 atom stereocenters. The van der Waals surface area contributed by atoms with Crippen molar-refractivity contribution in [3.63, 3.8) is 0 Å². The number of aromatic nitrogens is 4.